The molecular formula is C16H10ClNO2. The van der Waals surface area contributed by atoms with Gasteiger partial charge in [0.2, 0.25) is 0 Å². The zero-order valence-electron chi connectivity index (χ0n) is 10.6. The molecule has 0 saturated carbocycles. The number of hydrogen-bond donors (Lipinski definition) is 1. The highest BCUT2D eigenvalue weighted by atomic mass is 35.5. The number of aryl methyl sites for hydroxylation is 1. The quantitative estimate of drug-likeness (QED) is 0.614. The van der Waals surface area contributed by atoms with Crippen LogP contribution in [0.2, 0.25) is 5.02 Å². The van der Waals surface area contributed by atoms with Crippen LogP contribution >= 0.6 is 11.6 Å². The first kappa shape index (κ1) is 12.6. The fourth-order valence-electron chi connectivity index (χ4n) is 2.18. The zero-order valence-corrected chi connectivity index (χ0v) is 11.4. The van der Waals surface area contributed by atoms with Crippen LogP contribution in [0.25, 0.3) is 26.9 Å². The molecule has 0 amide bonds. The van der Waals surface area contributed by atoms with Crippen molar-refractivity contribution in [3.63, 3.8) is 0 Å². The molecule has 0 aliphatic heterocycles. The van der Waals surface area contributed by atoms with E-state index in [-0.39, 0.29) is 5.75 Å². The second kappa shape index (κ2) is 4.59. The molecule has 0 saturated heterocycles. The lowest BCUT2D eigenvalue weighted by Crippen LogP contribution is -1.82. The maximum Gasteiger partial charge on any atom is 0.191 e. The van der Waals surface area contributed by atoms with Crippen LogP contribution in [-0.4, -0.2) is 5.11 Å². The molecule has 3 rings (SSSR count). The molecular weight excluding hydrogens is 274 g/mol. The number of benzene rings is 2. The summed E-state index contributed by atoms with van der Waals surface area (Å²) in [7, 11) is 0. The summed E-state index contributed by atoms with van der Waals surface area (Å²) < 4.78 is 5.37. The van der Waals surface area contributed by atoms with Gasteiger partial charge in [-0.25, -0.2) is 4.85 Å². The van der Waals surface area contributed by atoms with Crippen molar-refractivity contribution in [3.8, 4) is 16.9 Å². The minimum Gasteiger partial charge on any atom is -0.508 e. The van der Waals surface area contributed by atoms with E-state index in [1.54, 1.807) is 18.2 Å². The second-order valence-electron chi connectivity index (χ2n) is 4.56. The highest BCUT2D eigenvalue weighted by Gasteiger charge is 2.13. The Kier molecular flexibility index (Phi) is 2.89. The Bertz CT molecular complexity index is 859. The summed E-state index contributed by atoms with van der Waals surface area (Å²) in [6, 6.07) is 8.80. The van der Waals surface area contributed by atoms with Gasteiger partial charge in [-0.1, -0.05) is 23.7 Å². The van der Waals surface area contributed by atoms with E-state index in [4.69, 9.17) is 22.6 Å². The number of furan rings is 1. The topological polar surface area (TPSA) is 37.7 Å². The number of nitrogens with zero attached hydrogens (tertiary/aromatic N) is 1. The molecule has 3 aromatic rings. The van der Waals surface area contributed by atoms with E-state index in [2.05, 4.69) is 4.85 Å². The summed E-state index contributed by atoms with van der Waals surface area (Å²) >= 11 is 6.16. The van der Waals surface area contributed by atoms with Crippen molar-refractivity contribution >= 4 is 28.3 Å². The largest absolute Gasteiger partial charge is 0.508 e. The molecule has 20 heavy (non-hydrogen) atoms. The summed E-state index contributed by atoms with van der Waals surface area (Å²) in [5.41, 5.74) is 3.41. The van der Waals surface area contributed by atoms with Crippen LogP contribution in [-0.2, 0) is 0 Å². The van der Waals surface area contributed by atoms with Gasteiger partial charge in [-0.2, -0.15) is 0 Å². The standard InChI is InChI=1S/C16H10ClNO2/c1-9-3-4-10(5-14(9)19)12-6-11(18-2)7-15-16(12)13(17)8-20-15/h3-8,19H,1H3. The molecule has 0 aliphatic rings. The van der Waals surface area contributed by atoms with E-state index < -0.39 is 0 Å². The highest BCUT2D eigenvalue weighted by Crippen LogP contribution is 2.39. The number of phenols is 1. The zero-order chi connectivity index (χ0) is 14.3. The van der Waals surface area contributed by atoms with Gasteiger partial charge in [0.05, 0.1) is 11.6 Å². The molecule has 0 spiro atoms. The van der Waals surface area contributed by atoms with Gasteiger partial charge in [0.25, 0.3) is 0 Å². The minimum atomic E-state index is 0.212. The Morgan fingerprint density at radius 3 is 2.75 bits per heavy atom. The summed E-state index contributed by atoms with van der Waals surface area (Å²) in [6.07, 6.45) is 1.46. The third kappa shape index (κ3) is 1.91. The number of fused-ring (bicyclic) bond motifs is 1. The van der Waals surface area contributed by atoms with Gasteiger partial charge in [0.15, 0.2) is 5.69 Å². The van der Waals surface area contributed by atoms with Crippen LogP contribution in [0.5, 0.6) is 5.75 Å². The van der Waals surface area contributed by atoms with Crippen molar-refractivity contribution in [2.45, 2.75) is 6.92 Å². The third-order valence-corrected chi connectivity index (χ3v) is 3.54. The van der Waals surface area contributed by atoms with Crippen LogP contribution in [0.3, 0.4) is 0 Å². The summed E-state index contributed by atoms with van der Waals surface area (Å²) in [4.78, 5) is 3.44. The second-order valence-corrected chi connectivity index (χ2v) is 4.97. The molecule has 1 aromatic heterocycles. The van der Waals surface area contributed by atoms with Gasteiger partial charge < -0.3 is 9.52 Å². The van der Waals surface area contributed by atoms with Crippen LogP contribution in [0.4, 0.5) is 5.69 Å². The predicted molar refractivity (Wildman–Crippen MR) is 79.3 cm³/mol. The van der Waals surface area contributed by atoms with E-state index in [1.165, 1.54) is 6.26 Å². The third-order valence-electron chi connectivity index (χ3n) is 3.26. The summed E-state index contributed by atoms with van der Waals surface area (Å²) in [6.45, 7) is 8.99. The van der Waals surface area contributed by atoms with Crippen molar-refractivity contribution in [3.05, 3.63) is 58.6 Å². The maximum absolute atomic E-state index is 9.86. The lowest BCUT2D eigenvalue weighted by atomic mass is 9.99. The molecule has 0 atom stereocenters. The van der Waals surface area contributed by atoms with Gasteiger partial charge in [-0.05, 0) is 41.8 Å². The molecule has 0 bridgehead atoms. The van der Waals surface area contributed by atoms with Gasteiger partial charge in [-0.15, -0.1) is 0 Å². The van der Waals surface area contributed by atoms with Crippen LogP contribution < -0.4 is 0 Å². The minimum absolute atomic E-state index is 0.212. The summed E-state index contributed by atoms with van der Waals surface area (Å²) in [5, 5.41) is 11.1. The van der Waals surface area contributed by atoms with Gasteiger partial charge in [0, 0.05) is 5.39 Å². The number of hydrogen-bond acceptors (Lipinski definition) is 2. The SMILES string of the molecule is [C-]#[N+]c1cc(-c2ccc(C)c(O)c2)c2c(Cl)coc2c1. The normalized spacial score (nSPS) is 10.7. The van der Waals surface area contributed by atoms with E-state index in [0.717, 1.165) is 22.1 Å². The Morgan fingerprint density at radius 2 is 2.05 bits per heavy atom. The number of aromatic hydroxyl groups is 1. The van der Waals surface area contributed by atoms with Crippen molar-refractivity contribution in [2.24, 2.45) is 0 Å². The number of halogens is 1. The molecule has 4 heteroatoms. The van der Waals surface area contributed by atoms with Gasteiger partial charge in [0.1, 0.15) is 17.6 Å². The van der Waals surface area contributed by atoms with Crippen molar-refractivity contribution in [1.82, 2.24) is 0 Å². The lowest BCUT2D eigenvalue weighted by Gasteiger charge is -2.07. The fourth-order valence-corrected chi connectivity index (χ4v) is 2.42. The van der Waals surface area contributed by atoms with E-state index in [9.17, 15) is 5.11 Å². The monoisotopic (exact) mass is 283 g/mol. The molecule has 0 unspecified atom stereocenters. The molecule has 0 radical (unpaired) electrons. The smallest absolute Gasteiger partial charge is 0.191 e. The molecule has 98 valence electrons. The van der Waals surface area contributed by atoms with E-state index >= 15 is 0 Å². The van der Waals surface area contributed by atoms with E-state index in [1.807, 2.05) is 19.1 Å². The fraction of sp³-hybridized carbons (Fsp3) is 0.0625. The molecule has 0 aliphatic carbocycles. The maximum atomic E-state index is 9.86. The van der Waals surface area contributed by atoms with Crippen LogP contribution in [0.1, 0.15) is 5.56 Å². The van der Waals surface area contributed by atoms with Crippen molar-refractivity contribution in [1.29, 1.82) is 0 Å². The van der Waals surface area contributed by atoms with E-state index in [0.29, 0.717) is 16.3 Å². The van der Waals surface area contributed by atoms with Crippen molar-refractivity contribution in [2.75, 3.05) is 0 Å². The lowest BCUT2D eigenvalue weighted by molar-refractivity contribution is 0.471. The van der Waals surface area contributed by atoms with Gasteiger partial charge in [-0.3, -0.25) is 0 Å². The Morgan fingerprint density at radius 1 is 1.25 bits per heavy atom. The van der Waals surface area contributed by atoms with Gasteiger partial charge >= 0.3 is 0 Å². The number of phenolic OH excluding ortho intramolecular Hbond substituents is 1. The Balaban J connectivity index is 2.36. The average Bonchev–Trinajstić information content (AvgIpc) is 2.82. The van der Waals surface area contributed by atoms with Crippen molar-refractivity contribution < 1.29 is 9.52 Å². The molecule has 1 N–H and O–H groups in total. The summed E-state index contributed by atoms with van der Waals surface area (Å²) in [5.74, 6) is 0.212. The van der Waals surface area contributed by atoms with Crippen LogP contribution in [0, 0.1) is 13.5 Å². The molecule has 3 nitrogen and oxygen atoms in total. The first-order chi connectivity index (χ1) is 9.60. The Hall–Kier alpha value is -2.44. The first-order valence-electron chi connectivity index (χ1n) is 5.98. The molecule has 1 heterocycles. The van der Waals surface area contributed by atoms with Crippen LogP contribution in [0.15, 0.2) is 41.0 Å². The number of rotatable bonds is 1. The molecule has 0 fully saturated rings. The highest BCUT2D eigenvalue weighted by molar-refractivity contribution is 6.36. The average molecular weight is 284 g/mol. The first-order valence-corrected chi connectivity index (χ1v) is 6.36. The Labute approximate surface area is 120 Å². The predicted octanol–water partition coefficient (Wildman–Crippen LogP) is 5.32. The molecule has 2 aromatic carbocycles.